The molecule has 3 heteroatoms. The molecule has 0 radical (unpaired) electrons. The summed E-state index contributed by atoms with van der Waals surface area (Å²) >= 11 is 0. The first-order valence-corrected chi connectivity index (χ1v) is 7.10. The summed E-state index contributed by atoms with van der Waals surface area (Å²) in [6.45, 7) is 6.13. The largest absolute Gasteiger partial charge is 0.362 e. The van der Waals surface area contributed by atoms with Crippen LogP contribution >= 0.6 is 0 Å². The standard InChI is InChI=1S/C18H20FNO/c1-13(2)20(12-15-7-5-4-6-8-15)18-10-9-16(14(3)21)11-17(18)19/h4-11,13H,12H2,1-3H3. The van der Waals surface area contributed by atoms with Gasteiger partial charge < -0.3 is 4.90 Å². The Hall–Kier alpha value is -2.16. The number of benzene rings is 2. The van der Waals surface area contributed by atoms with E-state index in [2.05, 4.69) is 0 Å². The molecule has 0 unspecified atom stereocenters. The minimum Gasteiger partial charge on any atom is -0.362 e. The molecule has 0 atom stereocenters. The molecule has 0 N–H and O–H groups in total. The molecular formula is C18H20FNO. The third-order valence-electron chi connectivity index (χ3n) is 3.48. The maximum absolute atomic E-state index is 14.3. The molecule has 2 aromatic rings. The smallest absolute Gasteiger partial charge is 0.159 e. The van der Waals surface area contributed by atoms with Crippen molar-refractivity contribution in [2.24, 2.45) is 0 Å². The van der Waals surface area contributed by atoms with Gasteiger partial charge in [0.05, 0.1) is 5.69 Å². The molecule has 0 heterocycles. The number of hydrogen-bond acceptors (Lipinski definition) is 2. The maximum Gasteiger partial charge on any atom is 0.159 e. The van der Waals surface area contributed by atoms with Crippen molar-refractivity contribution < 1.29 is 9.18 Å². The van der Waals surface area contributed by atoms with E-state index in [4.69, 9.17) is 0 Å². The Balaban J connectivity index is 2.32. The van der Waals surface area contributed by atoms with E-state index < -0.39 is 0 Å². The van der Waals surface area contributed by atoms with Crippen LogP contribution in [0.25, 0.3) is 0 Å². The van der Waals surface area contributed by atoms with Crippen LogP contribution in [0.4, 0.5) is 10.1 Å². The summed E-state index contributed by atoms with van der Waals surface area (Å²) in [4.78, 5) is 13.3. The lowest BCUT2D eigenvalue weighted by molar-refractivity contribution is 0.101. The first kappa shape index (κ1) is 15.2. The third-order valence-corrected chi connectivity index (χ3v) is 3.48. The van der Waals surface area contributed by atoms with Gasteiger partial charge in [0.1, 0.15) is 5.82 Å². The molecular weight excluding hydrogens is 265 g/mol. The van der Waals surface area contributed by atoms with Crippen molar-refractivity contribution >= 4 is 11.5 Å². The quantitative estimate of drug-likeness (QED) is 0.757. The monoisotopic (exact) mass is 285 g/mol. The van der Waals surface area contributed by atoms with E-state index >= 15 is 0 Å². The Morgan fingerprint density at radius 1 is 1.14 bits per heavy atom. The summed E-state index contributed by atoms with van der Waals surface area (Å²) in [5.74, 6) is -0.480. The molecule has 0 fully saturated rings. The van der Waals surface area contributed by atoms with E-state index in [1.165, 1.54) is 13.0 Å². The number of anilines is 1. The SMILES string of the molecule is CC(=O)c1ccc(N(Cc2ccccc2)C(C)C)c(F)c1. The van der Waals surface area contributed by atoms with Crippen molar-refractivity contribution in [1.29, 1.82) is 0 Å². The van der Waals surface area contributed by atoms with Crippen LogP contribution < -0.4 is 4.90 Å². The molecule has 0 bridgehead atoms. The lowest BCUT2D eigenvalue weighted by Gasteiger charge is -2.29. The molecule has 2 nitrogen and oxygen atoms in total. The van der Waals surface area contributed by atoms with Crippen LogP contribution in [0.2, 0.25) is 0 Å². The Kier molecular flexibility index (Phi) is 4.73. The number of Topliss-reactive ketones (excluding diaryl/α,β-unsaturated/α-hetero) is 1. The average molecular weight is 285 g/mol. The molecule has 0 aliphatic heterocycles. The number of hydrogen-bond donors (Lipinski definition) is 0. The Bertz CT molecular complexity index is 622. The average Bonchev–Trinajstić information content (AvgIpc) is 2.46. The van der Waals surface area contributed by atoms with Crippen LogP contribution in [-0.4, -0.2) is 11.8 Å². The number of rotatable bonds is 5. The molecule has 0 spiro atoms. The highest BCUT2D eigenvalue weighted by molar-refractivity contribution is 5.94. The first-order chi connectivity index (χ1) is 9.99. The molecule has 2 rings (SSSR count). The predicted octanol–water partition coefficient (Wildman–Crippen LogP) is 4.44. The van der Waals surface area contributed by atoms with Gasteiger partial charge in [-0.25, -0.2) is 4.39 Å². The number of halogens is 1. The predicted molar refractivity (Wildman–Crippen MR) is 84.2 cm³/mol. The summed E-state index contributed by atoms with van der Waals surface area (Å²) in [7, 11) is 0. The van der Waals surface area contributed by atoms with Gasteiger partial charge in [0.15, 0.2) is 5.78 Å². The van der Waals surface area contributed by atoms with Crippen molar-refractivity contribution in [3.8, 4) is 0 Å². The van der Waals surface area contributed by atoms with Gasteiger partial charge in [0.2, 0.25) is 0 Å². The fourth-order valence-corrected chi connectivity index (χ4v) is 2.28. The van der Waals surface area contributed by atoms with Crippen molar-refractivity contribution in [1.82, 2.24) is 0 Å². The van der Waals surface area contributed by atoms with Crippen LogP contribution in [0.3, 0.4) is 0 Å². The zero-order valence-corrected chi connectivity index (χ0v) is 12.6. The van der Waals surface area contributed by atoms with Crippen molar-refractivity contribution in [2.75, 3.05) is 4.90 Å². The molecule has 110 valence electrons. The number of ketones is 1. The first-order valence-electron chi connectivity index (χ1n) is 7.10. The Labute approximate surface area is 125 Å². The topological polar surface area (TPSA) is 20.3 Å². The van der Waals surface area contributed by atoms with E-state index in [1.807, 2.05) is 49.1 Å². The fourth-order valence-electron chi connectivity index (χ4n) is 2.28. The summed E-state index contributed by atoms with van der Waals surface area (Å²) in [6.07, 6.45) is 0. The minimum absolute atomic E-state index is 0.125. The highest BCUT2D eigenvalue weighted by atomic mass is 19.1. The van der Waals surface area contributed by atoms with E-state index in [1.54, 1.807) is 12.1 Å². The zero-order chi connectivity index (χ0) is 15.4. The molecule has 0 saturated carbocycles. The summed E-state index contributed by atoms with van der Waals surface area (Å²) in [5.41, 5.74) is 2.06. The maximum atomic E-state index is 14.3. The summed E-state index contributed by atoms with van der Waals surface area (Å²) < 4.78 is 14.3. The molecule has 0 amide bonds. The molecule has 2 aromatic carbocycles. The number of nitrogens with zero attached hydrogens (tertiary/aromatic N) is 1. The van der Waals surface area contributed by atoms with Crippen LogP contribution in [0.5, 0.6) is 0 Å². The number of carbonyl (C=O) groups is 1. The highest BCUT2D eigenvalue weighted by Gasteiger charge is 2.16. The summed E-state index contributed by atoms with van der Waals surface area (Å²) in [5, 5.41) is 0. The van der Waals surface area contributed by atoms with Crippen molar-refractivity contribution in [3.63, 3.8) is 0 Å². The zero-order valence-electron chi connectivity index (χ0n) is 12.6. The second kappa shape index (κ2) is 6.53. The van der Waals surface area contributed by atoms with Gasteiger partial charge in [-0.05, 0) is 44.5 Å². The van der Waals surface area contributed by atoms with Crippen LogP contribution in [-0.2, 0) is 6.54 Å². The molecule has 0 aliphatic carbocycles. The second-order valence-corrected chi connectivity index (χ2v) is 5.43. The van der Waals surface area contributed by atoms with Gasteiger partial charge in [-0.1, -0.05) is 30.3 Å². The Morgan fingerprint density at radius 3 is 2.33 bits per heavy atom. The molecule has 0 saturated heterocycles. The summed E-state index contributed by atoms with van der Waals surface area (Å²) in [6, 6.07) is 14.8. The normalized spacial score (nSPS) is 10.7. The molecule has 0 aliphatic rings. The fraction of sp³-hybridized carbons (Fsp3) is 0.278. The highest BCUT2D eigenvalue weighted by Crippen LogP contribution is 2.25. The van der Waals surface area contributed by atoms with Crippen LogP contribution in [0.15, 0.2) is 48.5 Å². The number of carbonyl (C=O) groups excluding carboxylic acids is 1. The van der Waals surface area contributed by atoms with E-state index in [9.17, 15) is 9.18 Å². The third kappa shape index (κ3) is 3.69. The van der Waals surface area contributed by atoms with Gasteiger partial charge >= 0.3 is 0 Å². The van der Waals surface area contributed by atoms with Gasteiger partial charge in [0.25, 0.3) is 0 Å². The van der Waals surface area contributed by atoms with Crippen molar-refractivity contribution in [3.05, 3.63) is 65.5 Å². The Morgan fingerprint density at radius 2 is 1.81 bits per heavy atom. The van der Waals surface area contributed by atoms with Crippen LogP contribution in [0, 0.1) is 5.82 Å². The van der Waals surface area contributed by atoms with E-state index in [-0.39, 0.29) is 17.6 Å². The lowest BCUT2D eigenvalue weighted by atomic mass is 10.1. The second-order valence-electron chi connectivity index (χ2n) is 5.43. The van der Waals surface area contributed by atoms with E-state index in [0.717, 1.165) is 5.56 Å². The van der Waals surface area contributed by atoms with Crippen molar-refractivity contribution in [2.45, 2.75) is 33.4 Å². The van der Waals surface area contributed by atoms with Crippen LogP contribution in [0.1, 0.15) is 36.7 Å². The van der Waals surface area contributed by atoms with Gasteiger partial charge in [-0.15, -0.1) is 0 Å². The van der Waals surface area contributed by atoms with E-state index in [0.29, 0.717) is 17.8 Å². The van der Waals surface area contributed by atoms with Gasteiger partial charge in [-0.2, -0.15) is 0 Å². The minimum atomic E-state index is -0.354. The van der Waals surface area contributed by atoms with Gasteiger partial charge in [0, 0.05) is 18.2 Å². The van der Waals surface area contributed by atoms with Gasteiger partial charge in [-0.3, -0.25) is 4.79 Å². The molecule has 21 heavy (non-hydrogen) atoms. The lowest BCUT2D eigenvalue weighted by Crippen LogP contribution is -2.31. The molecule has 0 aromatic heterocycles.